The number of pyridine rings is 1. The first-order valence-electron chi connectivity index (χ1n) is 9.85. The number of aliphatic imine (C=N–C) groups is 1. The third-order valence-electron chi connectivity index (χ3n) is 4.65. The highest BCUT2D eigenvalue weighted by Gasteiger charge is 2.07. The van der Waals surface area contributed by atoms with Gasteiger partial charge in [0.1, 0.15) is 12.4 Å². The quantitative estimate of drug-likeness (QED) is 0.165. The number of fused-ring (bicyclic) bond motifs is 1. The zero-order chi connectivity index (χ0) is 20.6. The van der Waals surface area contributed by atoms with Gasteiger partial charge >= 0.3 is 0 Å². The Morgan fingerprint density at radius 3 is 2.55 bits per heavy atom. The number of aromatic nitrogens is 3. The highest BCUT2D eigenvalue weighted by Crippen LogP contribution is 2.29. The second-order valence-electron chi connectivity index (χ2n) is 6.61. The first kappa shape index (κ1) is 22.5. The summed E-state index contributed by atoms with van der Waals surface area (Å²) in [6, 6.07) is 24.1. The van der Waals surface area contributed by atoms with Crippen molar-refractivity contribution >= 4 is 35.6 Å². The van der Waals surface area contributed by atoms with E-state index in [1.54, 1.807) is 7.05 Å². The van der Waals surface area contributed by atoms with Gasteiger partial charge in [0, 0.05) is 18.8 Å². The van der Waals surface area contributed by atoms with Crippen molar-refractivity contribution in [1.82, 2.24) is 25.2 Å². The Bertz CT molecular complexity index is 1130. The van der Waals surface area contributed by atoms with Gasteiger partial charge in [0.2, 0.25) is 0 Å². The lowest BCUT2D eigenvalue weighted by Gasteiger charge is -2.14. The summed E-state index contributed by atoms with van der Waals surface area (Å²) in [5.41, 5.74) is 3.04. The minimum absolute atomic E-state index is 0. The van der Waals surface area contributed by atoms with Gasteiger partial charge in [-0.05, 0) is 23.8 Å². The Morgan fingerprint density at radius 2 is 1.71 bits per heavy atom. The fourth-order valence-corrected chi connectivity index (χ4v) is 3.17. The van der Waals surface area contributed by atoms with Gasteiger partial charge in [-0.25, -0.2) is 0 Å². The van der Waals surface area contributed by atoms with Gasteiger partial charge in [0.05, 0.1) is 13.1 Å². The van der Waals surface area contributed by atoms with E-state index in [-0.39, 0.29) is 24.0 Å². The van der Waals surface area contributed by atoms with Crippen molar-refractivity contribution in [2.45, 2.75) is 6.54 Å². The van der Waals surface area contributed by atoms with Gasteiger partial charge in [-0.15, -0.1) is 34.2 Å². The summed E-state index contributed by atoms with van der Waals surface area (Å²) in [7, 11) is 1.74. The van der Waals surface area contributed by atoms with E-state index < -0.39 is 0 Å². The molecule has 2 aromatic heterocycles. The lowest BCUT2D eigenvalue weighted by Crippen LogP contribution is -2.39. The standard InChI is InChI=1S/C23H24N6O.HI/c1-24-23(26-17-22-28-27-21-13-7-8-15-29(21)22)25-14-16-30-20-12-6-5-11-19(20)18-9-3-2-4-10-18;/h2-13,15H,14,16-17H2,1H3,(H2,24,25,26);1H. The van der Waals surface area contributed by atoms with Gasteiger partial charge in [-0.2, -0.15) is 0 Å². The summed E-state index contributed by atoms with van der Waals surface area (Å²) in [6.45, 7) is 1.64. The molecule has 0 saturated carbocycles. The minimum Gasteiger partial charge on any atom is -0.491 e. The van der Waals surface area contributed by atoms with Crippen molar-refractivity contribution in [1.29, 1.82) is 0 Å². The summed E-state index contributed by atoms with van der Waals surface area (Å²) in [5.74, 6) is 2.37. The summed E-state index contributed by atoms with van der Waals surface area (Å²) in [5, 5.41) is 14.9. The molecule has 7 nitrogen and oxygen atoms in total. The predicted octanol–water partition coefficient (Wildman–Crippen LogP) is 3.76. The van der Waals surface area contributed by atoms with Crippen molar-refractivity contribution in [2.24, 2.45) is 4.99 Å². The van der Waals surface area contributed by atoms with Crippen LogP contribution in [0.4, 0.5) is 0 Å². The molecule has 0 radical (unpaired) electrons. The number of ether oxygens (including phenoxy) is 1. The van der Waals surface area contributed by atoms with Gasteiger partial charge in [-0.1, -0.05) is 54.6 Å². The maximum Gasteiger partial charge on any atom is 0.191 e. The molecule has 160 valence electrons. The summed E-state index contributed by atoms with van der Waals surface area (Å²) in [6.07, 6.45) is 1.94. The number of nitrogens with zero attached hydrogens (tertiary/aromatic N) is 4. The van der Waals surface area contributed by atoms with E-state index in [1.165, 1.54) is 0 Å². The zero-order valence-corrected chi connectivity index (χ0v) is 19.6. The molecule has 4 rings (SSSR count). The Hall–Kier alpha value is -3.14. The highest BCUT2D eigenvalue weighted by atomic mass is 127. The lowest BCUT2D eigenvalue weighted by molar-refractivity contribution is 0.323. The molecule has 0 fully saturated rings. The molecule has 0 unspecified atom stereocenters. The Kier molecular flexibility index (Phi) is 8.22. The van der Waals surface area contributed by atoms with Crippen LogP contribution >= 0.6 is 24.0 Å². The molecule has 2 N–H and O–H groups in total. The first-order valence-corrected chi connectivity index (χ1v) is 9.85. The van der Waals surface area contributed by atoms with Crippen molar-refractivity contribution < 1.29 is 4.74 Å². The van der Waals surface area contributed by atoms with Crippen LogP contribution in [-0.4, -0.2) is 40.8 Å². The average molecular weight is 528 g/mol. The second-order valence-corrected chi connectivity index (χ2v) is 6.61. The Balaban J connectivity index is 0.00000272. The molecule has 0 aliphatic heterocycles. The van der Waals surface area contributed by atoms with E-state index in [0.717, 1.165) is 28.3 Å². The topological polar surface area (TPSA) is 75.8 Å². The van der Waals surface area contributed by atoms with Crippen LogP contribution in [0.25, 0.3) is 16.8 Å². The van der Waals surface area contributed by atoms with Crippen molar-refractivity contribution in [3.63, 3.8) is 0 Å². The molecule has 0 saturated heterocycles. The molecular weight excluding hydrogens is 503 g/mol. The van der Waals surface area contributed by atoms with Crippen LogP contribution in [-0.2, 0) is 6.54 Å². The second kappa shape index (κ2) is 11.3. The molecule has 0 bridgehead atoms. The highest BCUT2D eigenvalue weighted by molar-refractivity contribution is 14.0. The van der Waals surface area contributed by atoms with Crippen LogP contribution < -0.4 is 15.4 Å². The number of para-hydroxylation sites is 1. The molecule has 0 aliphatic carbocycles. The number of nitrogens with one attached hydrogen (secondary N) is 2. The molecule has 4 aromatic rings. The van der Waals surface area contributed by atoms with E-state index in [0.29, 0.717) is 25.7 Å². The molecule has 2 aromatic carbocycles. The van der Waals surface area contributed by atoms with Crippen molar-refractivity contribution in [3.05, 3.63) is 84.8 Å². The fraction of sp³-hybridized carbons (Fsp3) is 0.174. The molecule has 0 atom stereocenters. The van der Waals surface area contributed by atoms with Gasteiger partial charge in [0.15, 0.2) is 17.4 Å². The van der Waals surface area contributed by atoms with E-state index in [9.17, 15) is 0 Å². The first-order chi connectivity index (χ1) is 14.8. The lowest BCUT2D eigenvalue weighted by atomic mass is 10.1. The third-order valence-corrected chi connectivity index (χ3v) is 4.65. The molecule has 31 heavy (non-hydrogen) atoms. The van der Waals surface area contributed by atoms with Crippen LogP contribution in [0, 0.1) is 0 Å². The minimum atomic E-state index is 0. The number of guanidine groups is 1. The Labute approximate surface area is 198 Å². The largest absolute Gasteiger partial charge is 0.491 e. The van der Waals surface area contributed by atoms with E-state index in [4.69, 9.17) is 4.74 Å². The normalized spacial score (nSPS) is 11.1. The maximum absolute atomic E-state index is 6.02. The molecule has 2 heterocycles. The van der Waals surface area contributed by atoms with Gasteiger partial charge in [0.25, 0.3) is 0 Å². The van der Waals surface area contributed by atoms with E-state index >= 15 is 0 Å². The van der Waals surface area contributed by atoms with Gasteiger partial charge in [-0.3, -0.25) is 9.39 Å². The Morgan fingerprint density at radius 1 is 0.935 bits per heavy atom. The molecular formula is C23H25IN6O. The predicted molar refractivity (Wildman–Crippen MR) is 134 cm³/mol. The molecule has 8 heteroatoms. The molecule has 0 amide bonds. The van der Waals surface area contributed by atoms with E-state index in [1.807, 2.05) is 65.2 Å². The van der Waals surface area contributed by atoms with Crippen LogP contribution in [0.5, 0.6) is 5.75 Å². The molecule has 0 aliphatic rings. The number of rotatable bonds is 7. The average Bonchev–Trinajstić information content (AvgIpc) is 3.22. The summed E-state index contributed by atoms with van der Waals surface area (Å²) in [4.78, 5) is 4.26. The van der Waals surface area contributed by atoms with Crippen LogP contribution in [0.15, 0.2) is 84.0 Å². The number of benzene rings is 2. The van der Waals surface area contributed by atoms with Crippen LogP contribution in [0.1, 0.15) is 5.82 Å². The monoisotopic (exact) mass is 528 g/mol. The summed E-state index contributed by atoms with van der Waals surface area (Å²) < 4.78 is 7.97. The SMILES string of the molecule is CN=C(NCCOc1ccccc1-c1ccccc1)NCc1nnc2ccccn12.I. The fourth-order valence-electron chi connectivity index (χ4n) is 3.17. The van der Waals surface area contributed by atoms with Crippen LogP contribution in [0.3, 0.4) is 0 Å². The third kappa shape index (κ3) is 5.72. The van der Waals surface area contributed by atoms with Crippen LogP contribution in [0.2, 0.25) is 0 Å². The zero-order valence-electron chi connectivity index (χ0n) is 17.2. The van der Waals surface area contributed by atoms with Gasteiger partial charge < -0.3 is 15.4 Å². The summed E-state index contributed by atoms with van der Waals surface area (Å²) >= 11 is 0. The number of hydrogen-bond donors (Lipinski definition) is 2. The van der Waals surface area contributed by atoms with Crippen molar-refractivity contribution in [3.8, 4) is 16.9 Å². The smallest absolute Gasteiger partial charge is 0.191 e. The number of halogens is 1. The maximum atomic E-state index is 6.02. The van der Waals surface area contributed by atoms with E-state index in [2.05, 4.69) is 44.0 Å². The van der Waals surface area contributed by atoms with Crippen molar-refractivity contribution in [2.75, 3.05) is 20.2 Å². The molecule has 0 spiro atoms. The number of hydrogen-bond acceptors (Lipinski definition) is 4.